The van der Waals surface area contributed by atoms with Crippen molar-refractivity contribution < 1.29 is 4.79 Å². The van der Waals surface area contributed by atoms with E-state index in [1.54, 1.807) is 0 Å². The van der Waals surface area contributed by atoms with E-state index in [1.165, 1.54) is 6.42 Å². The average molecular weight is 241 g/mol. The maximum absolute atomic E-state index is 11.9. The zero-order valence-corrected chi connectivity index (χ0v) is 11.8. The molecule has 0 saturated carbocycles. The normalized spacial score (nSPS) is 20.8. The molecule has 2 fully saturated rings. The third-order valence-electron chi connectivity index (χ3n) is 3.44. The van der Waals surface area contributed by atoms with Gasteiger partial charge in [0, 0.05) is 45.3 Å². The minimum absolute atomic E-state index is 0.254. The largest absolute Gasteiger partial charge is 0.325 e. The molecule has 4 nitrogen and oxygen atoms in total. The number of hydrogen-bond acceptors (Lipinski definition) is 2. The topological polar surface area (TPSA) is 26.8 Å². The molecule has 2 aliphatic rings. The highest BCUT2D eigenvalue weighted by Gasteiger charge is 2.28. The fraction of sp³-hybridized carbons (Fsp3) is 0.923. The maximum Gasteiger partial charge on any atom is 0.320 e. The van der Waals surface area contributed by atoms with Gasteiger partial charge in [-0.3, -0.25) is 4.90 Å². The molecule has 0 bridgehead atoms. The maximum atomic E-state index is 11.9. The molecular formula is C13H27N3O. The molecule has 0 aromatic heterocycles. The predicted molar refractivity (Wildman–Crippen MR) is 71.2 cm³/mol. The zero-order valence-electron chi connectivity index (χ0n) is 11.8. The van der Waals surface area contributed by atoms with E-state index < -0.39 is 0 Å². The van der Waals surface area contributed by atoms with Gasteiger partial charge in [0.1, 0.15) is 0 Å². The van der Waals surface area contributed by atoms with Crippen molar-refractivity contribution in [3.63, 3.8) is 0 Å². The summed E-state index contributed by atoms with van der Waals surface area (Å²) >= 11 is 0. The first kappa shape index (κ1) is 14.3. The minimum Gasteiger partial charge on any atom is -0.325 e. The summed E-state index contributed by atoms with van der Waals surface area (Å²) in [6, 6.07) is 0.857. The Labute approximate surface area is 106 Å². The number of piperazine rings is 1. The molecule has 0 N–H and O–H groups in total. The number of nitrogens with zero attached hydrogens (tertiary/aromatic N) is 3. The Morgan fingerprint density at radius 3 is 1.71 bits per heavy atom. The van der Waals surface area contributed by atoms with Gasteiger partial charge in [0.15, 0.2) is 0 Å². The quantitative estimate of drug-likeness (QED) is 0.700. The highest BCUT2D eigenvalue weighted by molar-refractivity contribution is 5.75. The van der Waals surface area contributed by atoms with Crippen LogP contribution in [0.1, 0.15) is 34.1 Å². The predicted octanol–water partition coefficient (Wildman–Crippen LogP) is 1.86. The average Bonchev–Trinajstić information content (AvgIpc) is 2.29. The van der Waals surface area contributed by atoms with Gasteiger partial charge in [-0.15, -0.1) is 0 Å². The molecule has 2 aliphatic heterocycles. The smallest absolute Gasteiger partial charge is 0.320 e. The highest BCUT2D eigenvalue weighted by Crippen LogP contribution is 2.12. The Balaban J connectivity index is 0.000000686. The van der Waals surface area contributed by atoms with Crippen LogP contribution < -0.4 is 0 Å². The second-order valence-electron chi connectivity index (χ2n) is 4.74. The van der Waals surface area contributed by atoms with Crippen LogP contribution in [0.5, 0.6) is 0 Å². The van der Waals surface area contributed by atoms with Crippen molar-refractivity contribution in [2.45, 2.75) is 40.2 Å². The van der Waals surface area contributed by atoms with E-state index in [0.29, 0.717) is 6.04 Å². The first-order valence-corrected chi connectivity index (χ1v) is 6.96. The second-order valence-corrected chi connectivity index (χ2v) is 4.74. The summed E-state index contributed by atoms with van der Waals surface area (Å²) in [6.45, 7) is 14.2. The van der Waals surface area contributed by atoms with Gasteiger partial charge in [0.25, 0.3) is 0 Å². The Morgan fingerprint density at radius 2 is 1.35 bits per heavy atom. The van der Waals surface area contributed by atoms with Crippen LogP contribution in [0.15, 0.2) is 0 Å². The molecular weight excluding hydrogens is 214 g/mol. The second kappa shape index (κ2) is 6.84. The lowest BCUT2D eigenvalue weighted by Crippen LogP contribution is -2.56. The summed E-state index contributed by atoms with van der Waals surface area (Å²) in [7, 11) is 0. The Hall–Kier alpha value is -0.770. The number of carbonyl (C=O) groups is 1. The number of rotatable bonds is 1. The molecule has 0 radical (unpaired) electrons. The van der Waals surface area contributed by atoms with E-state index in [9.17, 15) is 4.79 Å². The van der Waals surface area contributed by atoms with Gasteiger partial charge in [-0.2, -0.15) is 0 Å². The molecule has 17 heavy (non-hydrogen) atoms. The summed E-state index contributed by atoms with van der Waals surface area (Å²) in [5.41, 5.74) is 0. The van der Waals surface area contributed by atoms with E-state index in [0.717, 1.165) is 39.3 Å². The van der Waals surface area contributed by atoms with Crippen molar-refractivity contribution >= 4 is 6.03 Å². The van der Waals surface area contributed by atoms with Gasteiger partial charge in [0.2, 0.25) is 0 Å². The van der Waals surface area contributed by atoms with E-state index in [2.05, 4.69) is 18.7 Å². The lowest BCUT2D eigenvalue weighted by atomic mass is 10.2. The van der Waals surface area contributed by atoms with E-state index in [1.807, 2.05) is 23.6 Å². The fourth-order valence-electron chi connectivity index (χ4n) is 2.14. The van der Waals surface area contributed by atoms with Crippen molar-refractivity contribution in [1.29, 1.82) is 0 Å². The Kier molecular flexibility index (Phi) is 5.75. The van der Waals surface area contributed by atoms with Crippen LogP contribution in [0.3, 0.4) is 0 Å². The number of amides is 2. The van der Waals surface area contributed by atoms with Crippen LogP contribution >= 0.6 is 0 Å². The summed E-state index contributed by atoms with van der Waals surface area (Å²) in [6.07, 6.45) is 1.18. The van der Waals surface area contributed by atoms with Crippen LogP contribution in [0.2, 0.25) is 0 Å². The molecule has 0 atom stereocenters. The van der Waals surface area contributed by atoms with Crippen molar-refractivity contribution in [3.8, 4) is 0 Å². The van der Waals surface area contributed by atoms with Gasteiger partial charge in [-0.05, 0) is 20.3 Å². The SMILES string of the molecule is CC.CC(C)N1CCN(C(=O)N2CCC2)CC1. The molecule has 0 aromatic rings. The van der Waals surface area contributed by atoms with E-state index >= 15 is 0 Å². The number of hydrogen-bond donors (Lipinski definition) is 0. The summed E-state index contributed by atoms with van der Waals surface area (Å²) in [4.78, 5) is 18.3. The summed E-state index contributed by atoms with van der Waals surface area (Å²) < 4.78 is 0. The molecule has 2 saturated heterocycles. The van der Waals surface area contributed by atoms with Gasteiger partial charge < -0.3 is 9.80 Å². The highest BCUT2D eigenvalue weighted by atomic mass is 16.2. The van der Waals surface area contributed by atoms with Crippen LogP contribution in [-0.4, -0.2) is 66.0 Å². The molecule has 4 heteroatoms. The molecule has 100 valence electrons. The van der Waals surface area contributed by atoms with Gasteiger partial charge in [-0.1, -0.05) is 13.8 Å². The molecule has 0 unspecified atom stereocenters. The van der Waals surface area contributed by atoms with Crippen LogP contribution in [0.25, 0.3) is 0 Å². The first-order chi connectivity index (χ1) is 8.18. The molecule has 0 aromatic carbocycles. The minimum atomic E-state index is 0.254. The third-order valence-corrected chi connectivity index (χ3v) is 3.44. The van der Waals surface area contributed by atoms with Gasteiger partial charge in [-0.25, -0.2) is 4.79 Å². The van der Waals surface area contributed by atoms with Crippen LogP contribution in [-0.2, 0) is 0 Å². The van der Waals surface area contributed by atoms with Gasteiger partial charge >= 0.3 is 6.03 Å². The van der Waals surface area contributed by atoms with Crippen molar-refractivity contribution in [2.24, 2.45) is 0 Å². The summed E-state index contributed by atoms with van der Waals surface area (Å²) in [5.74, 6) is 0. The van der Waals surface area contributed by atoms with Gasteiger partial charge in [0.05, 0.1) is 0 Å². The molecule has 0 aliphatic carbocycles. The first-order valence-electron chi connectivity index (χ1n) is 6.96. The fourth-order valence-corrected chi connectivity index (χ4v) is 2.14. The molecule has 2 rings (SSSR count). The summed E-state index contributed by atoms with van der Waals surface area (Å²) in [5, 5.41) is 0. The van der Waals surface area contributed by atoms with Crippen LogP contribution in [0.4, 0.5) is 4.79 Å². The van der Waals surface area contributed by atoms with E-state index in [4.69, 9.17) is 0 Å². The monoisotopic (exact) mass is 241 g/mol. The van der Waals surface area contributed by atoms with Crippen LogP contribution in [0, 0.1) is 0 Å². The third kappa shape index (κ3) is 3.60. The molecule has 2 amide bonds. The lowest BCUT2D eigenvalue weighted by molar-refractivity contribution is 0.0858. The lowest BCUT2D eigenvalue weighted by Gasteiger charge is -2.41. The van der Waals surface area contributed by atoms with E-state index in [-0.39, 0.29) is 6.03 Å². The Bertz CT molecular complexity index is 231. The standard InChI is InChI=1S/C11H21N3O.C2H6/c1-10(2)12-6-8-14(9-7-12)11(15)13-4-3-5-13;1-2/h10H,3-9H2,1-2H3;1-2H3. The Morgan fingerprint density at radius 1 is 0.882 bits per heavy atom. The zero-order chi connectivity index (χ0) is 12.8. The molecule has 2 heterocycles. The molecule has 0 spiro atoms. The number of carbonyl (C=O) groups excluding carboxylic acids is 1. The van der Waals surface area contributed by atoms with Crippen molar-refractivity contribution in [1.82, 2.24) is 14.7 Å². The number of likely N-dealkylation sites (tertiary alicyclic amines) is 1. The number of urea groups is 1. The van der Waals surface area contributed by atoms with Crippen molar-refractivity contribution in [2.75, 3.05) is 39.3 Å². The van der Waals surface area contributed by atoms with Crippen molar-refractivity contribution in [3.05, 3.63) is 0 Å².